The average Bonchev–Trinajstić information content (AvgIpc) is 2.40. The highest BCUT2D eigenvalue weighted by Crippen LogP contribution is 1.68. The summed E-state index contributed by atoms with van der Waals surface area (Å²) in [6, 6.07) is 0. The molecule has 0 spiro atoms. The van der Waals surface area contributed by atoms with Crippen molar-refractivity contribution < 1.29 is 58.4 Å². The molecule has 0 unspecified atom stereocenters. The van der Waals surface area contributed by atoms with Crippen molar-refractivity contribution in [2.45, 2.75) is 68.2 Å². The first-order chi connectivity index (χ1) is 9.08. The van der Waals surface area contributed by atoms with Crippen LogP contribution in [0.3, 0.4) is 0 Å². The van der Waals surface area contributed by atoms with Crippen LogP contribution in [0.1, 0.15) is 68.2 Å². The maximum Gasteiger partial charge on any atom is 0.303 e. The lowest BCUT2D eigenvalue weighted by Crippen LogP contribution is -1.86. The SMILES string of the molecule is C.C.CCC(=O)O.CCC(=O)O.CCC(=O)O.CCC(=O)O.F.F.F.F. The maximum absolute atomic E-state index is 9.37. The van der Waals surface area contributed by atoms with Crippen molar-refractivity contribution in [3.8, 4) is 0 Å². The monoisotopic (exact) mass is 408 g/mol. The summed E-state index contributed by atoms with van der Waals surface area (Å²) in [5.41, 5.74) is 0. The zero-order valence-electron chi connectivity index (χ0n) is 13.9. The summed E-state index contributed by atoms with van der Waals surface area (Å²) in [4.78, 5) is 37.5. The van der Waals surface area contributed by atoms with Crippen LogP contribution in [0.5, 0.6) is 0 Å². The van der Waals surface area contributed by atoms with E-state index >= 15 is 0 Å². The average molecular weight is 408 g/mol. The molecule has 0 fully saturated rings. The van der Waals surface area contributed by atoms with Crippen molar-refractivity contribution >= 4 is 23.9 Å². The van der Waals surface area contributed by atoms with Gasteiger partial charge >= 0.3 is 23.9 Å². The summed E-state index contributed by atoms with van der Waals surface area (Å²) in [6.07, 6.45) is 0.889. The van der Waals surface area contributed by atoms with Gasteiger partial charge in [0.2, 0.25) is 0 Å². The zero-order valence-corrected chi connectivity index (χ0v) is 13.9. The fourth-order valence-corrected chi connectivity index (χ4v) is 0. The van der Waals surface area contributed by atoms with Crippen LogP contribution >= 0.6 is 0 Å². The van der Waals surface area contributed by atoms with Crippen molar-refractivity contribution in [2.75, 3.05) is 0 Å². The molecule has 12 heteroatoms. The van der Waals surface area contributed by atoms with Gasteiger partial charge in [0.15, 0.2) is 0 Å². The van der Waals surface area contributed by atoms with Crippen molar-refractivity contribution in [3.63, 3.8) is 0 Å². The molecule has 0 saturated carbocycles. The molecule has 4 N–H and O–H groups in total. The van der Waals surface area contributed by atoms with Gasteiger partial charge in [-0.05, 0) is 0 Å². The molecule has 168 valence electrons. The molecular weight excluding hydrogens is 372 g/mol. The van der Waals surface area contributed by atoms with E-state index in [1.165, 1.54) is 0 Å². The first-order valence-corrected chi connectivity index (χ1v) is 5.95. The fraction of sp³-hybridized carbons (Fsp3) is 0.714. The van der Waals surface area contributed by atoms with Crippen LogP contribution in [0.15, 0.2) is 0 Å². The zero-order chi connectivity index (χ0) is 17.1. The second-order valence-electron chi connectivity index (χ2n) is 2.99. The summed E-state index contributed by atoms with van der Waals surface area (Å²) in [7, 11) is 0. The van der Waals surface area contributed by atoms with E-state index in [1.54, 1.807) is 27.7 Å². The minimum Gasteiger partial charge on any atom is -0.481 e. The van der Waals surface area contributed by atoms with Gasteiger partial charge in [0.1, 0.15) is 0 Å². The maximum atomic E-state index is 9.37. The quantitative estimate of drug-likeness (QED) is 0.513. The lowest BCUT2D eigenvalue weighted by atomic mass is 10.5. The van der Waals surface area contributed by atoms with Crippen molar-refractivity contribution in [2.24, 2.45) is 0 Å². The van der Waals surface area contributed by atoms with Gasteiger partial charge < -0.3 is 20.4 Å². The van der Waals surface area contributed by atoms with Crippen LogP contribution in [0.2, 0.25) is 0 Å². The summed E-state index contributed by atoms with van der Waals surface area (Å²) < 4.78 is 0. The van der Waals surface area contributed by atoms with Crippen LogP contribution in [0.25, 0.3) is 0 Å². The Bertz CT molecular complexity index is 234. The molecule has 0 heterocycles. The Labute approximate surface area is 151 Å². The van der Waals surface area contributed by atoms with E-state index in [-0.39, 0.29) is 59.4 Å². The van der Waals surface area contributed by atoms with E-state index in [9.17, 15) is 19.2 Å². The van der Waals surface area contributed by atoms with Gasteiger partial charge in [0.25, 0.3) is 0 Å². The highest BCUT2D eigenvalue weighted by molar-refractivity contribution is 5.66. The van der Waals surface area contributed by atoms with Gasteiger partial charge in [-0.1, -0.05) is 42.5 Å². The van der Waals surface area contributed by atoms with Gasteiger partial charge in [-0.25, -0.2) is 0 Å². The Kier molecular flexibility index (Phi) is 143. The van der Waals surface area contributed by atoms with Crippen LogP contribution in [0.4, 0.5) is 18.8 Å². The standard InChI is InChI=1S/4C3H6O2.2CH4.4FH/c4*1-2-3(4)5;;;;;;/h4*2H2,1H3,(H,4,5);2*1H4;4*1H. The summed E-state index contributed by atoms with van der Waals surface area (Å²) in [5.74, 6) is -2.98. The van der Waals surface area contributed by atoms with Gasteiger partial charge in [-0.3, -0.25) is 38.0 Å². The number of carboxylic acids is 4. The molecule has 8 nitrogen and oxygen atoms in total. The highest BCUT2D eigenvalue weighted by Gasteiger charge is 1.82. The number of rotatable bonds is 4. The van der Waals surface area contributed by atoms with E-state index in [2.05, 4.69) is 0 Å². The second-order valence-corrected chi connectivity index (χ2v) is 2.99. The van der Waals surface area contributed by atoms with Gasteiger partial charge in [-0.15, -0.1) is 0 Å². The largest absolute Gasteiger partial charge is 0.481 e. The van der Waals surface area contributed by atoms with E-state index in [0.29, 0.717) is 0 Å². The lowest BCUT2D eigenvalue weighted by molar-refractivity contribution is -0.137. The van der Waals surface area contributed by atoms with Crippen LogP contribution in [-0.4, -0.2) is 44.3 Å². The highest BCUT2D eigenvalue weighted by atomic mass is 19.0. The number of halogens is 4. The first kappa shape index (κ1) is 65.2. The fourth-order valence-electron chi connectivity index (χ4n) is 0. The summed E-state index contributed by atoms with van der Waals surface area (Å²) in [5, 5.41) is 30.9. The third-order valence-corrected chi connectivity index (χ3v) is 1.21. The topological polar surface area (TPSA) is 149 Å². The minimum absolute atomic E-state index is 0. The Balaban J connectivity index is -0.0000000152. The smallest absolute Gasteiger partial charge is 0.303 e. The van der Waals surface area contributed by atoms with E-state index in [0.717, 1.165) is 0 Å². The van der Waals surface area contributed by atoms with Crippen LogP contribution in [-0.2, 0) is 19.2 Å². The number of hydrogen-bond donors (Lipinski definition) is 4. The van der Waals surface area contributed by atoms with Gasteiger partial charge in [-0.2, -0.15) is 0 Å². The van der Waals surface area contributed by atoms with Crippen LogP contribution < -0.4 is 0 Å². The van der Waals surface area contributed by atoms with Gasteiger partial charge in [0.05, 0.1) is 0 Å². The Morgan fingerprint density at radius 3 is 0.500 bits per heavy atom. The molecule has 0 aliphatic heterocycles. The van der Waals surface area contributed by atoms with Crippen LogP contribution in [0, 0.1) is 0 Å². The third-order valence-electron chi connectivity index (χ3n) is 1.21. The molecule has 0 aliphatic carbocycles. The van der Waals surface area contributed by atoms with E-state index < -0.39 is 23.9 Å². The number of hydrogen-bond acceptors (Lipinski definition) is 4. The molecule has 0 aromatic carbocycles. The van der Waals surface area contributed by atoms with Crippen molar-refractivity contribution in [1.82, 2.24) is 0 Å². The molecular formula is C14H36F4O8. The third kappa shape index (κ3) is 292. The number of aliphatic carboxylic acids is 4. The van der Waals surface area contributed by atoms with Gasteiger partial charge in [0, 0.05) is 25.7 Å². The molecule has 0 saturated heterocycles. The lowest BCUT2D eigenvalue weighted by Gasteiger charge is -1.71. The molecule has 26 heavy (non-hydrogen) atoms. The summed E-state index contributed by atoms with van der Waals surface area (Å²) in [6.45, 7) is 6.40. The summed E-state index contributed by atoms with van der Waals surface area (Å²) >= 11 is 0. The molecule has 0 atom stereocenters. The first-order valence-electron chi connectivity index (χ1n) is 5.95. The Hall–Kier alpha value is -2.40. The molecule has 0 amide bonds. The van der Waals surface area contributed by atoms with Crippen molar-refractivity contribution in [3.05, 3.63) is 0 Å². The predicted octanol–water partition coefficient (Wildman–Crippen LogP) is 3.81. The van der Waals surface area contributed by atoms with E-state index in [1.807, 2.05) is 0 Å². The molecule has 0 rings (SSSR count). The Morgan fingerprint density at radius 1 is 0.462 bits per heavy atom. The Morgan fingerprint density at radius 2 is 0.500 bits per heavy atom. The predicted molar refractivity (Wildman–Crippen MR) is 95.2 cm³/mol. The molecule has 0 aromatic heterocycles. The van der Waals surface area contributed by atoms with E-state index in [4.69, 9.17) is 20.4 Å². The number of carbonyl (C=O) groups is 4. The molecule has 0 radical (unpaired) electrons. The minimum atomic E-state index is -0.745. The van der Waals surface area contributed by atoms with Crippen molar-refractivity contribution in [1.29, 1.82) is 0 Å². The number of carboxylic acid groups (broad SMARTS) is 4. The second kappa shape index (κ2) is 57.0. The molecule has 0 aliphatic rings. The normalized spacial score (nSPS) is 5.69. The molecule has 0 aromatic rings. The molecule has 0 bridgehead atoms.